The third kappa shape index (κ3) is 3.87. The van der Waals surface area contributed by atoms with Gasteiger partial charge < -0.3 is 19.0 Å². The lowest BCUT2D eigenvalue weighted by atomic mass is 9.98. The molecule has 0 radical (unpaired) electrons. The number of ether oxygens (including phenoxy) is 2. The van der Waals surface area contributed by atoms with Gasteiger partial charge in [0.15, 0.2) is 0 Å². The topological polar surface area (TPSA) is 89.2 Å². The fraction of sp³-hybridized carbons (Fsp3) is 0.167. The summed E-state index contributed by atoms with van der Waals surface area (Å²) < 4.78 is 55.8. The summed E-state index contributed by atoms with van der Waals surface area (Å²) in [6.07, 6.45) is -3.38. The van der Waals surface area contributed by atoms with Crippen LogP contribution in [-0.2, 0) is 15.8 Å². The molecule has 0 spiro atoms. The smallest absolute Gasteiger partial charge is 0.416 e. The second-order valence-corrected chi connectivity index (χ2v) is 7.30. The van der Waals surface area contributed by atoms with Gasteiger partial charge >= 0.3 is 6.18 Å². The van der Waals surface area contributed by atoms with Crippen molar-refractivity contribution >= 4 is 23.1 Å². The zero-order valence-corrected chi connectivity index (χ0v) is 17.9. The number of hydrogen-bond donors (Lipinski definition) is 1. The van der Waals surface area contributed by atoms with Gasteiger partial charge in [-0.1, -0.05) is 6.07 Å². The van der Waals surface area contributed by atoms with Crippen molar-refractivity contribution in [3.8, 4) is 11.5 Å². The van der Waals surface area contributed by atoms with Crippen molar-refractivity contribution in [3.63, 3.8) is 0 Å². The van der Waals surface area contributed by atoms with Gasteiger partial charge in [-0.15, -0.1) is 0 Å². The Morgan fingerprint density at radius 1 is 1.03 bits per heavy atom. The Labute approximate surface area is 191 Å². The zero-order valence-electron chi connectivity index (χ0n) is 17.9. The normalized spacial score (nSPS) is 17.8. The van der Waals surface area contributed by atoms with Crippen LogP contribution < -0.4 is 14.4 Å². The highest BCUT2D eigenvalue weighted by atomic mass is 19.4. The molecule has 4 rings (SSSR count). The molecule has 2 heterocycles. The fourth-order valence-corrected chi connectivity index (χ4v) is 3.79. The number of halogens is 3. The molecule has 0 aliphatic carbocycles. The quantitative estimate of drug-likeness (QED) is 0.321. The first kappa shape index (κ1) is 23.0. The second kappa shape index (κ2) is 8.62. The van der Waals surface area contributed by atoms with Crippen LogP contribution in [-0.4, -0.2) is 31.0 Å². The Balaban J connectivity index is 1.93. The van der Waals surface area contributed by atoms with Crippen molar-refractivity contribution in [1.82, 2.24) is 0 Å². The molecule has 0 bridgehead atoms. The summed E-state index contributed by atoms with van der Waals surface area (Å²) in [6, 6.07) is 10.1. The Morgan fingerprint density at radius 3 is 2.41 bits per heavy atom. The van der Waals surface area contributed by atoms with Gasteiger partial charge in [0.05, 0.1) is 37.2 Å². The van der Waals surface area contributed by atoms with Crippen molar-refractivity contribution in [3.05, 3.63) is 83.3 Å². The minimum Gasteiger partial charge on any atom is -0.507 e. The van der Waals surface area contributed by atoms with Crippen LogP contribution >= 0.6 is 0 Å². The van der Waals surface area contributed by atoms with E-state index in [9.17, 15) is 27.9 Å². The van der Waals surface area contributed by atoms with E-state index < -0.39 is 35.2 Å². The molecule has 1 aliphatic rings. The van der Waals surface area contributed by atoms with Gasteiger partial charge in [-0.2, -0.15) is 13.2 Å². The number of carbonyl (C=O) groups is 2. The lowest BCUT2D eigenvalue weighted by molar-refractivity contribution is -0.137. The number of anilines is 1. The number of aliphatic hydroxyl groups excluding tert-OH is 1. The summed E-state index contributed by atoms with van der Waals surface area (Å²) in [5.74, 6) is -2.14. The summed E-state index contributed by atoms with van der Waals surface area (Å²) in [4.78, 5) is 27.0. The molecule has 1 unspecified atom stereocenters. The summed E-state index contributed by atoms with van der Waals surface area (Å²) in [7, 11) is 2.78. The first-order chi connectivity index (χ1) is 16.2. The second-order valence-electron chi connectivity index (χ2n) is 7.30. The molecule has 1 aromatic heterocycles. The SMILES string of the molecule is COc1ccc(/C(O)=C2/C(=O)C(=O)N(c3cccc(C(F)(F)F)c3)C2c2ccco2)c(OC)c1. The van der Waals surface area contributed by atoms with E-state index in [1.807, 2.05) is 0 Å². The molecule has 10 heteroatoms. The minimum atomic E-state index is -4.67. The average molecular weight is 473 g/mol. The Bertz CT molecular complexity index is 1280. The maximum atomic E-state index is 13.3. The van der Waals surface area contributed by atoms with E-state index >= 15 is 0 Å². The first-order valence-corrected chi connectivity index (χ1v) is 9.91. The predicted octanol–water partition coefficient (Wildman–Crippen LogP) is 4.94. The number of hydrogen-bond acceptors (Lipinski definition) is 6. The van der Waals surface area contributed by atoms with E-state index in [1.54, 1.807) is 0 Å². The molecule has 34 heavy (non-hydrogen) atoms. The highest BCUT2D eigenvalue weighted by Crippen LogP contribution is 2.44. The molecule has 2 aromatic carbocycles. The van der Waals surface area contributed by atoms with Crippen LogP contribution in [0.15, 0.2) is 70.9 Å². The number of nitrogens with zero attached hydrogens (tertiary/aromatic N) is 1. The molecule has 1 amide bonds. The molecule has 0 saturated carbocycles. The van der Waals surface area contributed by atoms with E-state index in [2.05, 4.69) is 0 Å². The lowest BCUT2D eigenvalue weighted by Crippen LogP contribution is -2.29. The summed E-state index contributed by atoms with van der Waals surface area (Å²) >= 11 is 0. The molecule has 1 N–H and O–H groups in total. The molecular weight excluding hydrogens is 455 g/mol. The van der Waals surface area contributed by atoms with Gasteiger partial charge in [0.2, 0.25) is 0 Å². The van der Waals surface area contributed by atoms with E-state index in [1.165, 1.54) is 56.9 Å². The molecule has 1 aliphatic heterocycles. The Kier molecular flexibility index (Phi) is 5.82. The first-order valence-electron chi connectivity index (χ1n) is 9.91. The molecule has 7 nitrogen and oxygen atoms in total. The van der Waals surface area contributed by atoms with Crippen LogP contribution in [0.2, 0.25) is 0 Å². The molecule has 1 atom stereocenters. The number of carbonyl (C=O) groups excluding carboxylic acids is 2. The largest absolute Gasteiger partial charge is 0.507 e. The van der Waals surface area contributed by atoms with Crippen molar-refractivity contribution in [1.29, 1.82) is 0 Å². The molecule has 3 aromatic rings. The van der Waals surface area contributed by atoms with E-state index in [0.29, 0.717) is 5.75 Å². The van der Waals surface area contributed by atoms with Gasteiger partial charge in [-0.05, 0) is 42.5 Å². The van der Waals surface area contributed by atoms with Crippen LogP contribution in [0.1, 0.15) is 22.9 Å². The number of benzene rings is 2. The minimum absolute atomic E-state index is 0.0747. The van der Waals surface area contributed by atoms with E-state index in [-0.39, 0.29) is 28.3 Å². The van der Waals surface area contributed by atoms with E-state index in [0.717, 1.165) is 23.1 Å². The maximum absolute atomic E-state index is 13.3. The standard InChI is InChI=1S/C24H18F3NO6/c1-32-15-8-9-16(18(12-15)33-2)21(29)19-20(17-7-4-10-34-17)28(23(31)22(19)30)14-6-3-5-13(11-14)24(25,26)27/h3-12,20,29H,1-2H3/b21-19-. The summed E-state index contributed by atoms with van der Waals surface area (Å²) in [5.41, 5.74) is -1.45. The third-order valence-corrected chi connectivity index (χ3v) is 5.37. The third-order valence-electron chi connectivity index (χ3n) is 5.37. The van der Waals surface area contributed by atoms with Crippen molar-refractivity contribution in [2.75, 3.05) is 19.1 Å². The number of furan rings is 1. The number of alkyl halides is 3. The van der Waals surface area contributed by atoms with Crippen molar-refractivity contribution in [2.24, 2.45) is 0 Å². The number of amides is 1. The highest BCUT2D eigenvalue weighted by molar-refractivity contribution is 6.51. The maximum Gasteiger partial charge on any atom is 0.416 e. The van der Waals surface area contributed by atoms with Gasteiger partial charge in [-0.25, -0.2) is 0 Å². The van der Waals surface area contributed by atoms with Crippen molar-refractivity contribution < 1.29 is 41.8 Å². The average Bonchev–Trinajstić information content (AvgIpc) is 3.44. The molecular formula is C24H18F3NO6. The van der Waals surface area contributed by atoms with Crippen LogP contribution in [0, 0.1) is 0 Å². The van der Waals surface area contributed by atoms with Gasteiger partial charge in [0.1, 0.15) is 29.1 Å². The van der Waals surface area contributed by atoms with Crippen LogP contribution in [0.25, 0.3) is 5.76 Å². The monoisotopic (exact) mass is 473 g/mol. The van der Waals surface area contributed by atoms with Crippen LogP contribution in [0.4, 0.5) is 18.9 Å². The van der Waals surface area contributed by atoms with Crippen LogP contribution in [0.3, 0.4) is 0 Å². The fourth-order valence-electron chi connectivity index (χ4n) is 3.79. The van der Waals surface area contributed by atoms with Crippen LogP contribution in [0.5, 0.6) is 11.5 Å². The number of Topliss-reactive ketones (excluding diaryl/α,β-unsaturated/α-hetero) is 1. The Hall–Kier alpha value is -4.21. The summed E-state index contributed by atoms with van der Waals surface area (Å²) in [6.45, 7) is 0. The van der Waals surface area contributed by atoms with E-state index in [4.69, 9.17) is 13.9 Å². The Morgan fingerprint density at radius 2 is 1.79 bits per heavy atom. The number of methoxy groups -OCH3 is 2. The molecule has 176 valence electrons. The zero-order chi connectivity index (χ0) is 24.6. The summed E-state index contributed by atoms with van der Waals surface area (Å²) in [5, 5.41) is 11.1. The highest BCUT2D eigenvalue weighted by Gasteiger charge is 2.49. The predicted molar refractivity (Wildman–Crippen MR) is 114 cm³/mol. The van der Waals surface area contributed by atoms with Crippen molar-refractivity contribution in [2.45, 2.75) is 12.2 Å². The molecule has 1 fully saturated rings. The number of rotatable bonds is 5. The lowest BCUT2D eigenvalue weighted by Gasteiger charge is -2.24. The van der Waals surface area contributed by atoms with Gasteiger partial charge in [-0.3, -0.25) is 14.5 Å². The van der Waals surface area contributed by atoms with Gasteiger partial charge in [0.25, 0.3) is 11.7 Å². The molecule has 1 saturated heterocycles. The number of ketones is 1. The number of aliphatic hydroxyl groups is 1. The van der Waals surface area contributed by atoms with Gasteiger partial charge in [0, 0.05) is 11.8 Å².